The summed E-state index contributed by atoms with van der Waals surface area (Å²) >= 11 is 0. The maximum Gasteiger partial charge on any atom is 0.220 e. The molecule has 0 radical (unpaired) electrons. The van der Waals surface area contributed by atoms with E-state index in [0.717, 1.165) is 77.0 Å². The van der Waals surface area contributed by atoms with E-state index in [-0.39, 0.29) is 12.5 Å². The Balaban J connectivity index is 2.13. The molecular weight excluding hydrogens is 1020 g/mol. The molecule has 0 aliphatic carbocycles. The fraction of sp³-hybridized carbons (Fsp3) is 0.767. The van der Waals surface area contributed by atoms with E-state index < -0.39 is 49.5 Å². The number of aliphatic hydroxyl groups excluding tert-OH is 5. The summed E-state index contributed by atoms with van der Waals surface area (Å²) in [5, 5.41) is 54.7. The van der Waals surface area contributed by atoms with Crippen molar-refractivity contribution >= 4 is 5.91 Å². The molecule has 1 saturated heterocycles. The Morgan fingerprint density at radius 3 is 1.17 bits per heavy atom. The molecule has 0 aromatic rings. The van der Waals surface area contributed by atoms with Gasteiger partial charge in [-0.3, -0.25) is 4.79 Å². The van der Waals surface area contributed by atoms with Crippen molar-refractivity contribution < 1.29 is 39.8 Å². The Hall–Kier alpha value is -2.89. The Morgan fingerprint density at radius 2 is 0.768 bits per heavy atom. The first-order valence-electron chi connectivity index (χ1n) is 34.5. The number of ether oxygens (including phenoxy) is 2. The highest BCUT2D eigenvalue weighted by molar-refractivity contribution is 5.76. The average molecular weight is 1150 g/mol. The van der Waals surface area contributed by atoms with Crippen LogP contribution in [-0.2, 0) is 14.3 Å². The van der Waals surface area contributed by atoms with E-state index in [1.807, 2.05) is 6.08 Å². The first-order valence-corrected chi connectivity index (χ1v) is 34.5. The quantitative estimate of drug-likeness (QED) is 0.0261. The maximum atomic E-state index is 13.1. The normalized spacial score (nSPS) is 18.9. The summed E-state index contributed by atoms with van der Waals surface area (Å²) in [7, 11) is 0. The summed E-state index contributed by atoms with van der Waals surface area (Å²) in [4.78, 5) is 13.1. The van der Waals surface area contributed by atoms with Gasteiger partial charge < -0.3 is 40.3 Å². The van der Waals surface area contributed by atoms with E-state index in [9.17, 15) is 30.3 Å². The van der Waals surface area contributed by atoms with Crippen LogP contribution in [0.3, 0.4) is 0 Å². The zero-order valence-corrected chi connectivity index (χ0v) is 53.0. The van der Waals surface area contributed by atoms with Crippen LogP contribution < -0.4 is 5.32 Å². The van der Waals surface area contributed by atoms with Crippen molar-refractivity contribution in [1.82, 2.24) is 5.32 Å². The number of carbonyl (C=O) groups is 1. The number of unbranched alkanes of at least 4 members (excludes halogenated alkanes) is 35. The van der Waals surface area contributed by atoms with E-state index in [2.05, 4.69) is 104 Å². The van der Waals surface area contributed by atoms with Gasteiger partial charge in [-0.25, -0.2) is 0 Å². The van der Waals surface area contributed by atoms with Crippen LogP contribution in [0.1, 0.15) is 303 Å². The van der Waals surface area contributed by atoms with Gasteiger partial charge in [0.25, 0.3) is 0 Å². The molecule has 1 fully saturated rings. The van der Waals surface area contributed by atoms with Gasteiger partial charge in [-0.2, -0.15) is 0 Å². The highest BCUT2D eigenvalue weighted by Crippen LogP contribution is 2.23. The third kappa shape index (κ3) is 49.4. The van der Waals surface area contributed by atoms with Crippen molar-refractivity contribution in [2.45, 2.75) is 346 Å². The highest BCUT2D eigenvalue weighted by atomic mass is 16.7. The molecule has 82 heavy (non-hydrogen) atoms. The smallest absolute Gasteiger partial charge is 0.220 e. The minimum atomic E-state index is -1.58. The maximum absolute atomic E-state index is 13.1. The third-order valence-electron chi connectivity index (χ3n) is 15.9. The molecular formula is C73H129NO8. The van der Waals surface area contributed by atoms with Crippen LogP contribution in [-0.4, -0.2) is 87.5 Å². The highest BCUT2D eigenvalue weighted by Gasteiger charge is 2.44. The van der Waals surface area contributed by atoms with Gasteiger partial charge in [0.15, 0.2) is 6.29 Å². The summed E-state index contributed by atoms with van der Waals surface area (Å²) in [6, 6.07) is -0.826. The molecule has 1 heterocycles. The molecule has 0 aromatic carbocycles. The van der Waals surface area contributed by atoms with Gasteiger partial charge in [0.2, 0.25) is 5.91 Å². The topological polar surface area (TPSA) is 149 Å². The summed E-state index contributed by atoms with van der Waals surface area (Å²) in [6.45, 7) is 3.68. The molecule has 7 unspecified atom stereocenters. The van der Waals surface area contributed by atoms with E-state index in [4.69, 9.17) is 9.47 Å². The fourth-order valence-corrected chi connectivity index (χ4v) is 10.5. The van der Waals surface area contributed by atoms with E-state index in [0.29, 0.717) is 6.42 Å². The Labute approximate surface area is 504 Å². The van der Waals surface area contributed by atoms with Crippen LogP contribution in [0.15, 0.2) is 97.2 Å². The molecule has 1 amide bonds. The first kappa shape index (κ1) is 77.1. The number of rotatable bonds is 59. The largest absolute Gasteiger partial charge is 0.394 e. The lowest BCUT2D eigenvalue weighted by atomic mass is 9.99. The molecule has 0 bridgehead atoms. The van der Waals surface area contributed by atoms with Gasteiger partial charge in [-0.15, -0.1) is 0 Å². The second kappa shape index (κ2) is 61.2. The van der Waals surface area contributed by atoms with Gasteiger partial charge in [-0.05, 0) is 83.5 Å². The lowest BCUT2D eigenvalue weighted by Gasteiger charge is -2.40. The van der Waals surface area contributed by atoms with Crippen LogP contribution in [0.5, 0.6) is 0 Å². The molecule has 1 aliphatic rings. The number of amides is 1. The van der Waals surface area contributed by atoms with Crippen molar-refractivity contribution in [2.24, 2.45) is 0 Å². The van der Waals surface area contributed by atoms with Gasteiger partial charge in [0, 0.05) is 6.42 Å². The molecule has 7 atom stereocenters. The monoisotopic (exact) mass is 1150 g/mol. The summed E-state index contributed by atoms with van der Waals surface area (Å²) < 4.78 is 11.3. The van der Waals surface area contributed by atoms with E-state index in [1.54, 1.807) is 6.08 Å². The van der Waals surface area contributed by atoms with E-state index in [1.165, 1.54) is 205 Å². The van der Waals surface area contributed by atoms with Crippen LogP contribution in [0.2, 0.25) is 0 Å². The Kier molecular flexibility index (Phi) is 57.6. The first-order chi connectivity index (χ1) is 40.3. The molecule has 1 aliphatic heterocycles. The van der Waals surface area contributed by atoms with Crippen molar-refractivity contribution in [1.29, 1.82) is 0 Å². The standard InChI is InChI=1S/C73H129NO8/c1-3-5-7-9-11-13-15-17-19-21-23-25-27-28-29-30-31-32-33-34-35-36-37-38-39-40-41-43-45-47-49-51-53-55-57-59-61-63-69(77)74-66(65-81-73-72(80)71(79)70(78)68(64-75)82-73)67(76)62-60-58-56-54-52-50-48-46-44-42-26-24-22-20-18-16-14-12-10-8-6-4-2/h5,7,11,13,17,19,23,25,28-29,31-32,52,54,60,62,66-68,70-73,75-76,78-80H,3-4,6,8-10,12,14-16,18,20-22,24,26-27,30,33-51,53,55-59,61,63-65H2,1-2H3,(H,74,77)/b7-5-,13-11-,19-17-,25-23-,29-28-,32-31-,54-52+,62-60+. The summed E-state index contributed by atoms with van der Waals surface area (Å²) in [5.74, 6) is -0.185. The van der Waals surface area contributed by atoms with E-state index >= 15 is 0 Å². The minimum absolute atomic E-state index is 0.185. The van der Waals surface area contributed by atoms with Gasteiger partial charge >= 0.3 is 0 Å². The molecule has 9 heteroatoms. The number of carbonyl (C=O) groups excluding carboxylic acids is 1. The van der Waals surface area contributed by atoms with Gasteiger partial charge in [-0.1, -0.05) is 310 Å². The van der Waals surface area contributed by atoms with Crippen molar-refractivity contribution in [3.63, 3.8) is 0 Å². The third-order valence-corrected chi connectivity index (χ3v) is 15.9. The molecule has 1 rings (SSSR count). The fourth-order valence-electron chi connectivity index (χ4n) is 10.5. The number of hydrogen-bond donors (Lipinski definition) is 6. The molecule has 0 aromatic heterocycles. The van der Waals surface area contributed by atoms with Crippen LogP contribution in [0, 0.1) is 0 Å². The zero-order valence-electron chi connectivity index (χ0n) is 53.0. The van der Waals surface area contributed by atoms with Crippen molar-refractivity contribution in [3.8, 4) is 0 Å². The zero-order chi connectivity index (χ0) is 59.3. The number of allylic oxidation sites excluding steroid dienone is 15. The van der Waals surface area contributed by atoms with Crippen LogP contribution in [0.4, 0.5) is 0 Å². The Bertz CT molecular complexity index is 1620. The molecule has 9 nitrogen and oxygen atoms in total. The summed E-state index contributed by atoms with van der Waals surface area (Å²) in [5.41, 5.74) is 0. The number of aliphatic hydroxyl groups is 5. The second-order valence-electron chi connectivity index (χ2n) is 23.6. The molecule has 6 N–H and O–H groups in total. The number of nitrogens with one attached hydrogen (secondary N) is 1. The van der Waals surface area contributed by atoms with Crippen molar-refractivity contribution in [3.05, 3.63) is 97.2 Å². The lowest BCUT2D eigenvalue weighted by molar-refractivity contribution is -0.302. The number of hydrogen-bond acceptors (Lipinski definition) is 8. The minimum Gasteiger partial charge on any atom is -0.394 e. The van der Waals surface area contributed by atoms with Gasteiger partial charge in [0.1, 0.15) is 24.4 Å². The van der Waals surface area contributed by atoms with Crippen LogP contribution in [0.25, 0.3) is 0 Å². The second-order valence-corrected chi connectivity index (χ2v) is 23.6. The molecule has 0 spiro atoms. The predicted molar refractivity (Wildman–Crippen MR) is 350 cm³/mol. The summed E-state index contributed by atoms with van der Waals surface area (Å²) in [6.07, 6.45) is 82.2. The van der Waals surface area contributed by atoms with Gasteiger partial charge in [0.05, 0.1) is 25.4 Å². The van der Waals surface area contributed by atoms with Crippen LogP contribution >= 0.6 is 0 Å². The molecule has 474 valence electrons. The molecule has 0 saturated carbocycles. The lowest BCUT2D eigenvalue weighted by Crippen LogP contribution is -2.60. The Morgan fingerprint density at radius 1 is 0.427 bits per heavy atom. The predicted octanol–water partition coefficient (Wildman–Crippen LogP) is 18.7. The SMILES string of the molecule is CC/C=C\C/C=C\C/C=C\C/C=C\C/C=C\C/C=C\CCCCCCCCCCCCCCCCCCCCC(=O)NC(COC1OC(CO)C(O)C(O)C1O)C(O)/C=C/CC/C=C/CCCCCCCCCCCCCCCCCC. The average Bonchev–Trinajstić information content (AvgIpc) is 3.59. The van der Waals surface area contributed by atoms with Crippen molar-refractivity contribution in [2.75, 3.05) is 13.2 Å².